The van der Waals surface area contributed by atoms with Crippen LogP contribution in [-0.2, 0) is 0 Å². The van der Waals surface area contributed by atoms with Crippen LogP contribution >= 0.6 is 0 Å². The number of hydrogen-bond acceptors (Lipinski definition) is 1. The summed E-state index contributed by atoms with van der Waals surface area (Å²) in [5.41, 5.74) is 2.01. The zero-order chi connectivity index (χ0) is 11.4. The van der Waals surface area contributed by atoms with Crippen molar-refractivity contribution >= 4 is 13.3 Å². The summed E-state index contributed by atoms with van der Waals surface area (Å²) in [7, 11) is 5.89. The van der Waals surface area contributed by atoms with Gasteiger partial charge in [0.05, 0.1) is 6.61 Å². The number of ether oxygens (including phenoxy) is 1. The van der Waals surface area contributed by atoms with Crippen LogP contribution in [0.4, 0.5) is 0 Å². The van der Waals surface area contributed by atoms with Gasteiger partial charge in [-0.25, -0.2) is 0 Å². The fraction of sp³-hybridized carbons (Fsp3) is 0.538. The van der Waals surface area contributed by atoms with Crippen molar-refractivity contribution in [2.24, 2.45) is 5.92 Å². The SMILES string of the molecule is [B]c1ccc(OCC(C)C)cc1C(C)C. The Kier molecular flexibility index (Phi) is 4.25. The van der Waals surface area contributed by atoms with E-state index in [1.54, 1.807) is 0 Å². The molecule has 0 aromatic heterocycles. The first-order valence-corrected chi connectivity index (χ1v) is 5.53. The second-order valence-corrected chi connectivity index (χ2v) is 4.65. The highest BCUT2D eigenvalue weighted by atomic mass is 16.5. The largest absolute Gasteiger partial charge is 0.493 e. The quantitative estimate of drug-likeness (QED) is 0.682. The molecule has 0 bridgehead atoms. The van der Waals surface area contributed by atoms with Gasteiger partial charge in [-0.2, -0.15) is 0 Å². The highest BCUT2D eigenvalue weighted by Crippen LogP contribution is 2.18. The molecule has 0 spiro atoms. The zero-order valence-corrected chi connectivity index (χ0v) is 10.1. The van der Waals surface area contributed by atoms with Gasteiger partial charge >= 0.3 is 0 Å². The molecule has 0 saturated heterocycles. The van der Waals surface area contributed by atoms with Gasteiger partial charge in [0.2, 0.25) is 0 Å². The van der Waals surface area contributed by atoms with Gasteiger partial charge in [-0.15, -0.1) is 0 Å². The molecule has 0 heterocycles. The molecule has 1 aromatic carbocycles. The molecule has 80 valence electrons. The smallest absolute Gasteiger partial charge is 0.119 e. The lowest BCUT2D eigenvalue weighted by Crippen LogP contribution is -2.12. The van der Waals surface area contributed by atoms with Crippen LogP contribution in [0.1, 0.15) is 39.2 Å². The maximum Gasteiger partial charge on any atom is 0.119 e. The molecule has 15 heavy (non-hydrogen) atoms. The maximum atomic E-state index is 5.89. The van der Waals surface area contributed by atoms with Crippen LogP contribution in [0.2, 0.25) is 0 Å². The Bertz CT molecular complexity index is 318. The van der Waals surface area contributed by atoms with Gasteiger partial charge in [-0.05, 0) is 29.5 Å². The van der Waals surface area contributed by atoms with Crippen LogP contribution in [0.5, 0.6) is 5.75 Å². The zero-order valence-electron chi connectivity index (χ0n) is 10.1. The predicted octanol–water partition coefficient (Wildman–Crippen LogP) is 2.64. The van der Waals surface area contributed by atoms with E-state index in [9.17, 15) is 0 Å². The Hall–Kier alpha value is -0.915. The monoisotopic (exact) mass is 202 g/mol. The summed E-state index contributed by atoms with van der Waals surface area (Å²) < 4.78 is 5.66. The van der Waals surface area contributed by atoms with Crippen molar-refractivity contribution in [1.82, 2.24) is 0 Å². The summed E-state index contributed by atoms with van der Waals surface area (Å²) in [5, 5.41) is 0. The molecule has 0 unspecified atom stereocenters. The lowest BCUT2D eigenvalue weighted by Gasteiger charge is -2.14. The van der Waals surface area contributed by atoms with Crippen LogP contribution in [0.15, 0.2) is 18.2 Å². The molecule has 0 aliphatic rings. The van der Waals surface area contributed by atoms with E-state index in [4.69, 9.17) is 12.6 Å². The minimum Gasteiger partial charge on any atom is -0.493 e. The molecule has 0 atom stereocenters. The van der Waals surface area contributed by atoms with Crippen LogP contribution in [0.25, 0.3) is 0 Å². The molecule has 1 nitrogen and oxygen atoms in total. The maximum absolute atomic E-state index is 5.89. The van der Waals surface area contributed by atoms with Gasteiger partial charge < -0.3 is 4.74 Å². The molecule has 0 aliphatic carbocycles. The summed E-state index contributed by atoms with van der Waals surface area (Å²) in [6, 6.07) is 5.90. The molecule has 1 aromatic rings. The van der Waals surface area contributed by atoms with E-state index in [1.165, 1.54) is 0 Å². The third-order valence-electron chi connectivity index (χ3n) is 2.26. The number of benzene rings is 1. The topological polar surface area (TPSA) is 9.23 Å². The first-order valence-electron chi connectivity index (χ1n) is 5.53. The minimum atomic E-state index is 0.438. The van der Waals surface area contributed by atoms with Gasteiger partial charge in [0.15, 0.2) is 0 Å². The van der Waals surface area contributed by atoms with E-state index in [2.05, 4.69) is 27.7 Å². The van der Waals surface area contributed by atoms with Gasteiger partial charge in [0.25, 0.3) is 0 Å². The van der Waals surface area contributed by atoms with Crippen molar-refractivity contribution in [3.05, 3.63) is 23.8 Å². The molecule has 0 saturated carbocycles. The molecule has 0 fully saturated rings. The first-order chi connectivity index (χ1) is 7.00. The number of hydrogen-bond donors (Lipinski definition) is 0. The Morgan fingerprint density at radius 2 is 1.87 bits per heavy atom. The van der Waals surface area contributed by atoms with Crippen molar-refractivity contribution in [2.75, 3.05) is 6.61 Å². The van der Waals surface area contributed by atoms with E-state index in [-0.39, 0.29) is 0 Å². The summed E-state index contributed by atoms with van der Waals surface area (Å²) in [6.45, 7) is 9.30. The van der Waals surface area contributed by atoms with E-state index in [0.29, 0.717) is 11.8 Å². The summed E-state index contributed by atoms with van der Waals surface area (Å²) >= 11 is 0. The molecule has 0 N–H and O–H groups in total. The Morgan fingerprint density at radius 1 is 1.20 bits per heavy atom. The first kappa shape index (κ1) is 12.2. The average Bonchev–Trinajstić information content (AvgIpc) is 2.16. The fourth-order valence-corrected chi connectivity index (χ4v) is 1.41. The molecular weight excluding hydrogens is 183 g/mol. The summed E-state index contributed by atoms with van der Waals surface area (Å²) in [5.74, 6) is 1.90. The minimum absolute atomic E-state index is 0.438. The van der Waals surface area contributed by atoms with E-state index >= 15 is 0 Å². The van der Waals surface area contributed by atoms with Crippen molar-refractivity contribution in [3.63, 3.8) is 0 Å². The molecule has 0 amide bonds. The van der Waals surface area contributed by atoms with Gasteiger partial charge in [-0.3, -0.25) is 0 Å². The standard InChI is InChI=1S/C13H19BO/c1-9(2)8-15-11-5-6-13(14)12(7-11)10(3)4/h5-7,9-10H,8H2,1-4H3. The van der Waals surface area contributed by atoms with Gasteiger partial charge in [0.1, 0.15) is 13.6 Å². The van der Waals surface area contributed by atoms with Crippen LogP contribution in [0, 0.1) is 5.92 Å². The molecule has 2 radical (unpaired) electrons. The second kappa shape index (κ2) is 5.25. The lowest BCUT2D eigenvalue weighted by atomic mass is 9.85. The van der Waals surface area contributed by atoms with Crippen molar-refractivity contribution < 1.29 is 4.74 Å². The van der Waals surface area contributed by atoms with Crippen LogP contribution in [0.3, 0.4) is 0 Å². The van der Waals surface area contributed by atoms with Crippen LogP contribution < -0.4 is 10.2 Å². The Labute approximate surface area is 94.3 Å². The molecule has 1 rings (SSSR count). The Morgan fingerprint density at radius 3 is 2.40 bits per heavy atom. The van der Waals surface area contributed by atoms with Gasteiger partial charge in [-0.1, -0.05) is 39.2 Å². The fourth-order valence-electron chi connectivity index (χ4n) is 1.41. The van der Waals surface area contributed by atoms with E-state index in [1.807, 2.05) is 18.2 Å². The highest BCUT2D eigenvalue weighted by molar-refractivity contribution is 6.33. The summed E-state index contributed by atoms with van der Waals surface area (Å²) in [6.07, 6.45) is 0. The van der Waals surface area contributed by atoms with E-state index in [0.717, 1.165) is 23.4 Å². The highest BCUT2D eigenvalue weighted by Gasteiger charge is 2.05. The van der Waals surface area contributed by atoms with Crippen molar-refractivity contribution in [1.29, 1.82) is 0 Å². The predicted molar refractivity (Wildman–Crippen MR) is 66.3 cm³/mol. The third kappa shape index (κ3) is 3.62. The Balaban J connectivity index is 2.78. The lowest BCUT2D eigenvalue weighted by molar-refractivity contribution is 0.271. The van der Waals surface area contributed by atoms with Gasteiger partial charge in [0, 0.05) is 0 Å². The molecular formula is C13H19BO. The van der Waals surface area contributed by atoms with Crippen LogP contribution in [-0.4, -0.2) is 14.5 Å². The molecule has 0 aliphatic heterocycles. The third-order valence-corrected chi connectivity index (χ3v) is 2.26. The normalized spacial score (nSPS) is 11.1. The number of rotatable bonds is 4. The summed E-state index contributed by atoms with van der Waals surface area (Å²) in [4.78, 5) is 0. The van der Waals surface area contributed by atoms with Crippen molar-refractivity contribution in [2.45, 2.75) is 33.6 Å². The second-order valence-electron chi connectivity index (χ2n) is 4.65. The van der Waals surface area contributed by atoms with E-state index < -0.39 is 0 Å². The van der Waals surface area contributed by atoms with Crippen molar-refractivity contribution in [3.8, 4) is 5.75 Å². The average molecular weight is 202 g/mol. The molecule has 2 heteroatoms.